The van der Waals surface area contributed by atoms with E-state index in [0.717, 1.165) is 61.8 Å². The molecule has 0 radical (unpaired) electrons. The first-order valence-electron chi connectivity index (χ1n) is 13.0. The molecule has 0 spiro atoms. The number of benzene rings is 2. The van der Waals surface area contributed by atoms with Crippen molar-refractivity contribution in [2.75, 3.05) is 37.6 Å². The predicted octanol–water partition coefficient (Wildman–Crippen LogP) is 3.98. The van der Waals surface area contributed by atoms with E-state index in [2.05, 4.69) is 22.3 Å². The zero-order valence-corrected chi connectivity index (χ0v) is 21.4. The number of aromatic nitrogens is 1. The number of rotatable bonds is 7. The van der Waals surface area contributed by atoms with Crippen molar-refractivity contribution in [1.29, 1.82) is 0 Å². The Bertz CT molecular complexity index is 1310. The number of nitrogens with one attached hydrogen (secondary N) is 1. The molecule has 5 rings (SSSR count). The van der Waals surface area contributed by atoms with E-state index in [0.29, 0.717) is 31.1 Å². The molecule has 190 valence electrons. The van der Waals surface area contributed by atoms with Crippen LogP contribution in [0.25, 0.3) is 10.9 Å². The van der Waals surface area contributed by atoms with Crippen LogP contribution in [0.4, 0.5) is 5.82 Å². The van der Waals surface area contributed by atoms with Gasteiger partial charge in [-0.25, -0.2) is 13.4 Å². The van der Waals surface area contributed by atoms with E-state index in [9.17, 15) is 13.2 Å². The standard InChI is InChI=1S/C28H34N4O3S/c33-28(29-16-15-22-8-3-1-4-9-22)24-10-7-17-31(21-24)27-14-11-23-20-25(12-13-26(23)30-27)36(34,35)32-18-5-2-6-19-32/h1,3-4,8-9,11-14,20,24H,2,5-7,10,15-19,21H2,(H,29,33). The van der Waals surface area contributed by atoms with Crippen molar-refractivity contribution in [3.63, 3.8) is 0 Å². The van der Waals surface area contributed by atoms with Gasteiger partial charge in [-0.2, -0.15) is 4.31 Å². The molecule has 1 aromatic heterocycles. The van der Waals surface area contributed by atoms with Gasteiger partial charge < -0.3 is 10.2 Å². The molecule has 2 fully saturated rings. The zero-order valence-electron chi connectivity index (χ0n) is 20.6. The summed E-state index contributed by atoms with van der Waals surface area (Å²) in [5, 5.41) is 3.91. The van der Waals surface area contributed by atoms with Crippen molar-refractivity contribution in [1.82, 2.24) is 14.6 Å². The minimum absolute atomic E-state index is 0.0657. The van der Waals surface area contributed by atoms with Crippen LogP contribution in [-0.4, -0.2) is 56.3 Å². The van der Waals surface area contributed by atoms with Gasteiger partial charge in [-0.1, -0.05) is 36.8 Å². The van der Waals surface area contributed by atoms with Crippen molar-refractivity contribution in [3.8, 4) is 0 Å². The first kappa shape index (κ1) is 24.7. The van der Waals surface area contributed by atoms with Crippen LogP contribution in [0.3, 0.4) is 0 Å². The molecular formula is C28H34N4O3S. The second kappa shape index (κ2) is 11.0. The van der Waals surface area contributed by atoms with Crippen LogP contribution >= 0.6 is 0 Å². The zero-order chi connectivity index (χ0) is 25.0. The minimum Gasteiger partial charge on any atom is -0.356 e. The quantitative estimate of drug-likeness (QED) is 0.524. The highest BCUT2D eigenvalue weighted by Crippen LogP contribution is 2.27. The number of carbonyl (C=O) groups is 1. The SMILES string of the molecule is O=C(NCCc1ccccc1)C1CCCN(c2ccc3cc(S(=O)(=O)N4CCCCC4)ccc3n2)C1. The van der Waals surface area contributed by atoms with Gasteiger partial charge in [0.1, 0.15) is 5.82 Å². The second-order valence-corrected chi connectivity index (χ2v) is 11.7. The normalized spacial score (nSPS) is 19.3. The van der Waals surface area contributed by atoms with E-state index in [1.54, 1.807) is 22.5 Å². The van der Waals surface area contributed by atoms with Crippen LogP contribution in [0.2, 0.25) is 0 Å². The molecule has 1 N–H and O–H groups in total. The second-order valence-electron chi connectivity index (χ2n) is 9.80. The summed E-state index contributed by atoms with van der Waals surface area (Å²) in [6.07, 6.45) is 5.55. The highest BCUT2D eigenvalue weighted by Gasteiger charge is 2.28. The molecule has 2 aliphatic rings. The van der Waals surface area contributed by atoms with Gasteiger partial charge in [0.2, 0.25) is 15.9 Å². The van der Waals surface area contributed by atoms with Crippen LogP contribution in [0, 0.1) is 5.92 Å². The summed E-state index contributed by atoms with van der Waals surface area (Å²) in [6.45, 7) is 3.31. The Hall–Kier alpha value is -2.97. The summed E-state index contributed by atoms with van der Waals surface area (Å²) < 4.78 is 27.7. The number of pyridine rings is 1. The fraction of sp³-hybridized carbons (Fsp3) is 0.429. The fourth-order valence-electron chi connectivity index (χ4n) is 5.20. The molecule has 1 atom stereocenters. The minimum atomic E-state index is -3.48. The van der Waals surface area contributed by atoms with Crippen LogP contribution in [0.1, 0.15) is 37.7 Å². The molecule has 8 heteroatoms. The topological polar surface area (TPSA) is 82.6 Å². The van der Waals surface area contributed by atoms with E-state index in [1.165, 1.54) is 5.56 Å². The molecular weight excluding hydrogens is 472 g/mol. The lowest BCUT2D eigenvalue weighted by Crippen LogP contribution is -2.43. The maximum absolute atomic E-state index is 13.1. The molecule has 1 unspecified atom stereocenters. The van der Waals surface area contributed by atoms with Crippen molar-refractivity contribution >= 4 is 32.7 Å². The Morgan fingerprint density at radius 2 is 1.75 bits per heavy atom. The first-order valence-corrected chi connectivity index (χ1v) is 14.4. The van der Waals surface area contributed by atoms with Crippen LogP contribution in [0.15, 0.2) is 65.6 Å². The lowest BCUT2D eigenvalue weighted by Gasteiger charge is -2.33. The molecule has 0 bridgehead atoms. The Kier molecular flexibility index (Phi) is 7.53. The average molecular weight is 507 g/mol. The summed E-state index contributed by atoms with van der Waals surface area (Å²) in [4.78, 5) is 20.1. The van der Waals surface area contributed by atoms with E-state index in [-0.39, 0.29) is 11.8 Å². The monoisotopic (exact) mass is 506 g/mol. The largest absolute Gasteiger partial charge is 0.356 e. The number of anilines is 1. The number of nitrogens with zero attached hydrogens (tertiary/aromatic N) is 3. The Balaban J connectivity index is 1.24. The summed E-state index contributed by atoms with van der Waals surface area (Å²) in [5.74, 6) is 0.865. The van der Waals surface area contributed by atoms with Gasteiger partial charge in [-0.05, 0) is 68.0 Å². The van der Waals surface area contributed by atoms with Crippen LogP contribution in [0.5, 0.6) is 0 Å². The predicted molar refractivity (Wildman–Crippen MR) is 142 cm³/mol. The molecule has 2 aliphatic heterocycles. The van der Waals surface area contributed by atoms with E-state index < -0.39 is 10.0 Å². The number of piperidine rings is 2. The van der Waals surface area contributed by atoms with E-state index in [4.69, 9.17) is 4.98 Å². The average Bonchev–Trinajstić information content (AvgIpc) is 2.93. The summed E-state index contributed by atoms with van der Waals surface area (Å²) in [5.41, 5.74) is 1.98. The maximum atomic E-state index is 13.1. The number of hydrogen-bond donors (Lipinski definition) is 1. The van der Waals surface area contributed by atoms with Gasteiger partial charge in [0.05, 0.1) is 16.3 Å². The lowest BCUT2D eigenvalue weighted by molar-refractivity contribution is -0.125. The Morgan fingerprint density at radius 1 is 0.944 bits per heavy atom. The molecule has 0 saturated carbocycles. The third-order valence-electron chi connectivity index (χ3n) is 7.27. The van der Waals surface area contributed by atoms with Crippen LogP contribution in [-0.2, 0) is 21.2 Å². The number of amides is 1. The van der Waals surface area contributed by atoms with Gasteiger partial charge in [-0.15, -0.1) is 0 Å². The molecule has 2 aromatic carbocycles. The lowest BCUT2D eigenvalue weighted by atomic mass is 9.97. The van der Waals surface area contributed by atoms with Gasteiger partial charge in [-0.3, -0.25) is 4.79 Å². The molecule has 36 heavy (non-hydrogen) atoms. The fourth-order valence-corrected chi connectivity index (χ4v) is 6.76. The molecule has 2 saturated heterocycles. The van der Waals surface area contributed by atoms with E-state index in [1.807, 2.05) is 30.3 Å². The van der Waals surface area contributed by atoms with Crippen LogP contribution < -0.4 is 10.2 Å². The highest BCUT2D eigenvalue weighted by molar-refractivity contribution is 7.89. The number of fused-ring (bicyclic) bond motifs is 1. The molecule has 3 heterocycles. The third-order valence-corrected chi connectivity index (χ3v) is 9.17. The van der Waals surface area contributed by atoms with Gasteiger partial charge in [0.15, 0.2) is 0 Å². The Morgan fingerprint density at radius 3 is 2.56 bits per heavy atom. The van der Waals surface area contributed by atoms with Gasteiger partial charge in [0, 0.05) is 38.1 Å². The first-order chi connectivity index (χ1) is 17.5. The molecule has 0 aliphatic carbocycles. The molecule has 7 nitrogen and oxygen atoms in total. The molecule has 1 amide bonds. The number of hydrogen-bond acceptors (Lipinski definition) is 5. The summed E-state index contributed by atoms with van der Waals surface area (Å²) in [6, 6.07) is 19.3. The van der Waals surface area contributed by atoms with E-state index >= 15 is 0 Å². The Labute approximate surface area is 213 Å². The summed E-state index contributed by atoms with van der Waals surface area (Å²) in [7, 11) is -3.48. The van der Waals surface area contributed by atoms with Crippen molar-refractivity contribution in [2.24, 2.45) is 5.92 Å². The van der Waals surface area contributed by atoms with Crippen molar-refractivity contribution < 1.29 is 13.2 Å². The summed E-state index contributed by atoms with van der Waals surface area (Å²) >= 11 is 0. The smallest absolute Gasteiger partial charge is 0.243 e. The molecule has 3 aromatic rings. The van der Waals surface area contributed by atoms with Crippen molar-refractivity contribution in [3.05, 3.63) is 66.2 Å². The van der Waals surface area contributed by atoms with Gasteiger partial charge >= 0.3 is 0 Å². The van der Waals surface area contributed by atoms with Crippen molar-refractivity contribution in [2.45, 2.75) is 43.4 Å². The third kappa shape index (κ3) is 5.55. The van der Waals surface area contributed by atoms with Gasteiger partial charge in [0.25, 0.3) is 0 Å². The number of carbonyl (C=O) groups excluding carboxylic acids is 1. The maximum Gasteiger partial charge on any atom is 0.243 e. The highest BCUT2D eigenvalue weighted by atomic mass is 32.2. The number of sulfonamides is 1.